The first-order chi connectivity index (χ1) is 28.7. The fraction of sp³-hybridized carbons (Fsp3) is 0.0566. The molecule has 4 heterocycles. The van der Waals surface area contributed by atoms with Gasteiger partial charge in [0.15, 0.2) is 5.84 Å². The van der Waals surface area contributed by atoms with E-state index in [9.17, 15) is 0 Å². The van der Waals surface area contributed by atoms with E-state index in [0.29, 0.717) is 5.84 Å². The Morgan fingerprint density at radius 1 is 0.586 bits per heavy atom. The molecule has 5 heteroatoms. The molecule has 0 aliphatic carbocycles. The Kier molecular flexibility index (Phi) is 7.41. The Morgan fingerprint density at radius 2 is 1.31 bits per heavy atom. The smallest absolute Gasteiger partial charge is 0.160 e. The van der Waals surface area contributed by atoms with Gasteiger partial charge in [-0.25, -0.2) is 9.98 Å². The number of thiophene rings is 1. The van der Waals surface area contributed by atoms with Crippen molar-refractivity contribution < 1.29 is 4.42 Å². The Morgan fingerprint density at radius 3 is 2.19 bits per heavy atom. The van der Waals surface area contributed by atoms with Crippen LogP contribution in [-0.2, 0) is 0 Å². The lowest BCUT2D eigenvalue weighted by atomic mass is 9.92. The van der Waals surface area contributed by atoms with Crippen LogP contribution >= 0.6 is 11.3 Å². The van der Waals surface area contributed by atoms with Crippen molar-refractivity contribution in [2.45, 2.75) is 13.3 Å². The van der Waals surface area contributed by atoms with Gasteiger partial charge in [-0.15, -0.1) is 11.3 Å². The Balaban J connectivity index is 1.16. The minimum Gasteiger partial charge on any atom is -0.455 e. The monoisotopic (exact) mass is 761 g/mol. The molecule has 12 rings (SSSR count). The highest BCUT2D eigenvalue weighted by atomic mass is 32.1. The minimum absolute atomic E-state index is 0.0953. The van der Waals surface area contributed by atoms with Crippen LogP contribution in [0.15, 0.2) is 190 Å². The highest BCUT2D eigenvalue weighted by Gasteiger charge is 2.26. The van der Waals surface area contributed by atoms with Crippen LogP contribution in [0.2, 0.25) is 0 Å². The van der Waals surface area contributed by atoms with Gasteiger partial charge in [0.2, 0.25) is 0 Å². The van der Waals surface area contributed by atoms with Crippen molar-refractivity contribution in [3.8, 4) is 5.69 Å². The fourth-order valence-corrected chi connectivity index (χ4v) is 10.3. The first-order valence-corrected chi connectivity index (χ1v) is 20.7. The maximum atomic E-state index is 6.92. The molecule has 0 amide bonds. The molecule has 0 radical (unpaired) electrons. The predicted octanol–water partition coefficient (Wildman–Crippen LogP) is 14.5. The van der Waals surface area contributed by atoms with Gasteiger partial charge in [0.1, 0.15) is 11.2 Å². The van der Waals surface area contributed by atoms with Crippen molar-refractivity contribution in [2.24, 2.45) is 15.9 Å². The number of furan rings is 1. The quantitative estimate of drug-likeness (QED) is 0.176. The molecule has 0 fully saturated rings. The zero-order valence-corrected chi connectivity index (χ0v) is 32.5. The van der Waals surface area contributed by atoms with Gasteiger partial charge in [-0.05, 0) is 59.7 Å². The van der Waals surface area contributed by atoms with Crippen LogP contribution in [0.25, 0.3) is 86.1 Å². The number of nitrogens with zero attached hydrogens (tertiary/aromatic N) is 3. The second kappa shape index (κ2) is 13.0. The summed E-state index contributed by atoms with van der Waals surface area (Å²) in [5, 5.41) is 9.54. The third-order valence-electron chi connectivity index (χ3n) is 11.9. The highest BCUT2D eigenvalue weighted by molar-refractivity contribution is 7.26. The predicted molar refractivity (Wildman–Crippen MR) is 246 cm³/mol. The summed E-state index contributed by atoms with van der Waals surface area (Å²) in [6.07, 6.45) is 3.07. The van der Waals surface area contributed by atoms with E-state index in [1.54, 1.807) is 0 Å². The van der Waals surface area contributed by atoms with E-state index in [1.165, 1.54) is 47.3 Å². The molecule has 1 aliphatic heterocycles. The number of amidine groups is 1. The lowest BCUT2D eigenvalue weighted by molar-refractivity contribution is 0.667. The Bertz CT molecular complexity index is 3560. The molecule has 0 N–H and O–H groups in total. The molecule has 1 atom stereocenters. The second-order valence-corrected chi connectivity index (χ2v) is 16.4. The molecular formula is C53H35N3OS. The van der Waals surface area contributed by atoms with Crippen LogP contribution in [-0.4, -0.2) is 16.1 Å². The van der Waals surface area contributed by atoms with Crippen LogP contribution in [0.1, 0.15) is 30.0 Å². The van der Waals surface area contributed by atoms with Crippen molar-refractivity contribution in [3.05, 3.63) is 193 Å². The standard InChI is InChI=1S/C53H35N3OS/c1-32-26-28-43(54-53(33-14-3-2-4-15-33)55-50(32)41-22-13-21-40-38-20-9-12-25-48(38)58-52(40)41)49-45(29-27-39-37-19-8-11-24-47(37)57-51(39)49)56-44-23-10-7-18-36(44)42-30-34-16-5-6-17-35(34)31-46(42)56/h2-25,27-32H,26H2,1H3/b43-28+,54-53-,55-50+. The van der Waals surface area contributed by atoms with Gasteiger partial charge in [0, 0.05) is 58.8 Å². The molecule has 0 bridgehead atoms. The lowest BCUT2D eigenvalue weighted by Gasteiger charge is -2.20. The van der Waals surface area contributed by atoms with E-state index < -0.39 is 0 Å². The van der Waals surface area contributed by atoms with E-state index in [1.807, 2.05) is 23.5 Å². The van der Waals surface area contributed by atoms with Gasteiger partial charge in [0.25, 0.3) is 0 Å². The van der Waals surface area contributed by atoms with Crippen LogP contribution in [0, 0.1) is 5.92 Å². The third-order valence-corrected chi connectivity index (χ3v) is 13.1. The molecule has 0 spiro atoms. The number of aliphatic imine (C=N–C) groups is 2. The molecule has 4 nitrogen and oxygen atoms in total. The van der Waals surface area contributed by atoms with E-state index in [2.05, 4.69) is 175 Å². The maximum absolute atomic E-state index is 6.92. The number of allylic oxidation sites excluding steroid dienone is 1. The van der Waals surface area contributed by atoms with Crippen molar-refractivity contribution in [3.63, 3.8) is 0 Å². The molecule has 1 unspecified atom stereocenters. The summed E-state index contributed by atoms with van der Waals surface area (Å²) in [5.41, 5.74) is 9.95. The molecule has 0 saturated heterocycles. The molecular weight excluding hydrogens is 727 g/mol. The Labute approximate surface area is 338 Å². The van der Waals surface area contributed by atoms with E-state index in [-0.39, 0.29) is 5.92 Å². The van der Waals surface area contributed by atoms with Crippen molar-refractivity contribution in [2.75, 3.05) is 0 Å². The van der Waals surface area contributed by atoms with Gasteiger partial charge in [-0.3, -0.25) is 0 Å². The summed E-state index contributed by atoms with van der Waals surface area (Å²) < 4.78 is 11.9. The van der Waals surface area contributed by atoms with Crippen LogP contribution in [0.3, 0.4) is 0 Å². The first-order valence-electron chi connectivity index (χ1n) is 19.9. The van der Waals surface area contributed by atoms with Crippen molar-refractivity contribution in [1.82, 2.24) is 4.57 Å². The molecule has 58 heavy (non-hydrogen) atoms. The molecule has 8 aromatic carbocycles. The average molecular weight is 762 g/mol. The average Bonchev–Trinajstić information content (AvgIpc) is 3.94. The lowest BCUT2D eigenvalue weighted by Crippen LogP contribution is -2.17. The number of fused-ring (bicyclic) bond motifs is 10. The minimum atomic E-state index is 0.0953. The van der Waals surface area contributed by atoms with Gasteiger partial charge in [-0.2, -0.15) is 0 Å². The third kappa shape index (κ3) is 5.07. The summed E-state index contributed by atoms with van der Waals surface area (Å²) in [6, 6.07) is 60.6. The SMILES string of the molecule is CC1C/C=C(c2c(-n3c4ccccc4c4cc5ccccc5cc43)ccc3c2oc2ccccc23)/N=C(c2ccccc2)\N=C/1c1cccc2c1sc1ccccc12. The topological polar surface area (TPSA) is 42.8 Å². The number of para-hydroxylation sites is 2. The molecule has 0 saturated carbocycles. The fourth-order valence-electron chi connectivity index (χ4n) is 9.08. The molecule has 1 aliphatic rings. The number of benzene rings is 8. The summed E-state index contributed by atoms with van der Waals surface area (Å²) in [4.78, 5) is 11.2. The largest absolute Gasteiger partial charge is 0.455 e. The maximum Gasteiger partial charge on any atom is 0.160 e. The Hall–Kier alpha value is -7.08. The highest BCUT2D eigenvalue weighted by Crippen LogP contribution is 2.43. The van der Waals surface area contributed by atoms with E-state index in [4.69, 9.17) is 14.4 Å². The summed E-state index contributed by atoms with van der Waals surface area (Å²) in [5.74, 6) is 0.775. The van der Waals surface area contributed by atoms with Crippen molar-refractivity contribution >= 4 is 103 Å². The van der Waals surface area contributed by atoms with Crippen molar-refractivity contribution in [1.29, 1.82) is 0 Å². The molecule has 274 valence electrons. The summed E-state index contributed by atoms with van der Waals surface area (Å²) in [6.45, 7) is 2.30. The first kappa shape index (κ1) is 33.1. The molecule has 3 aromatic heterocycles. The zero-order chi connectivity index (χ0) is 38.3. The summed E-state index contributed by atoms with van der Waals surface area (Å²) >= 11 is 1.85. The second-order valence-electron chi connectivity index (χ2n) is 15.3. The van der Waals surface area contributed by atoms with Crippen LogP contribution < -0.4 is 0 Å². The number of hydrogen-bond acceptors (Lipinski definition) is 4. The van der Waals surface area contributed by atoms with Crippen LogP contribution in [0.4, 0.5) is 0 Å². The summed E-state index contributed by atoms with van der Waals surface area (Å²) in [7, 11) is 0. The van der Waals surface area contributed by atoms with Gasteiger partial charge in [0.05, 0.1) is 33.7 Å². The normalized spacial score (nSPS) is 17.7. The van der Waals surface area contributed by atoms with Gasteiger partial charge < -0.3 is 8.98 Å². The van der Waals surface area contributed by atoms with E-state index >= 15 is 0 Å². The van der Waals surface area contributed by atoms with Gasteiger partial charge in [-0.1, -0.05) is 140 Å². The number of rotatable bonds is 4. The number of hydrogen-bond donors (Lipinski definition) is 0. The zero-order valence-electron chi connectivity index (χ0n) is 31.7. The van der Waals surface area contributed by atoms with Gasteiger partial charge >= 0.3 is 0 Å². The van der Waals surface area contributed by atoms with E-state index in [0.717, 1.165) is 67.6 Å². The number of aromatic nitrogens is 1. The van der Waals surface area contributed by atoms with Crippen LogP contribution in [0.5, 0.6) is 0 Å². The molecule has 11 aromatic rings.